The third-order valence-electron chi connectivity index (χ3n) is 2.20. The number of nitrogens with two attached hydrogens (primary N) is 1. The standard InChI is InChI=1S/C10H20N4O3/c1-7(2)16-6-9(15)4-14-5-10(12-13-14)8(3)17-11/h5,7-9,15H,4,6,11H2,1-3H3/t8-,9+/m0/s1. The van der Waals surface area contributed by atoms with Crippen LogP contribution in [0.15, 0.2) is 6.20 Å². The molecule has 1 heterocycles. The Labute approximate surface area is 100 Å². The molecule has 0 fully saturated rings. The largest absolute Gasteiger partial charge is 0.389 e. The molecule has 0 saturated carbocycles. The molecule has 1 rings (SSSR count). The van der Waals surface area contributed by atoms with Crippen LogP contribution in [0.5, 0.6) is 0 Å². The summed E-state index contributed by atoms with van der Waals surface area (Å²) in [4.78, 5) is 4.63. The van der Waals surface area contributed by atoms with Crippen LogP contribution in [0, 0.1) is 0 Å². The quantitative estimate of drug-likeness (QED) is 0.656. The van der Waals surface area contributed by atoms with Crippen molar-refractivity contribution in [2.45, 2.75) is 45.6 Å². The lowest BCUT2D eigenvalue weighted by atomic mass is 10.3. The van der Waals surface area contributed by atoms with Crippen molar-refractivity contribution in [3.05, 3.63) is 11.9 Å². The molecule has 1 aromatic heterocycles. The molecule has 7 heteroatoms. The molecule has 0 aromatic carbocycles. The molecule has 0 unspecified atom stereocenters. The summed E-state index contributed by atoms with van der Waals surface area (Å²) in [5.74, 6) is 5.05. The fraction of sp³-hybridized carbons (Fsp3) is 0.800. The van der Waals surface area contributed by atoms with Crippen LogP contribution in [-0.4, -0.2) is 38.9 Å². The Balaban J connectivity index is 2.43. The highest BCUT2D eigenvalue weighted by Gasteiger charge is 2.12. The van der Waals surface area contributed by atoms with Gasteiger partial charge in [0, 0.05) is 0 Å². The fourth-order valence-corrected chi connectivity index (χ4v) is 1.23. The number of nitrogens with zero attached hydrogens (tertiary/aromatic N) is 3. The van der Waals surface area contributed by atoms with Crippen molar-refractivity contribution in [2.75, 3.05) is 6.61 Å². The minimum absolute atomic E-state index is 0.0987. The lowest BCUT2D eigenvalue weighted by molar-refractivity contribution is -0.00223. The highest BCUT2D eigenvalue weighted by molar-refractivity contribution is 4.96. The first kappa shape index (κ1) is 14.0. The first-order valence-electron chi connectivity index (χ1n) is 5.58. The summed E-state index contributed by atoms with van der Waals surface area (Å²) in [7, 11) is 0. The SMILES string of the molecule is CC(C)OC[C@H](O)Cn1cc([C@H](C)ON)nn1. The van der Waals surface area contributed by atoms with Gasteiger partial charge in [0.1, 0.15) is 11.8 Å². The Morgan fingerprint density at radius 3 is 2.76 bits per heavy atom. The third-order valence-corrected chi connectivity index (χ3v) is 2.20. The zero-order valence-electron chi connectivity index (χ0n) is 10.4. The van der Waals surface area contributed by atoms with Gasteiger partial charge < -0.3 is 9.84 Å². The zero-order chi connectivity index (χ0) is 12.8. The molecule has 0 saturated heterocycles. The normalized spacial score (nSPS) is 15.2. The molecular weight excluding hydrogens is 224 g/mol. The van der Waals surface area contributed by atoms with Crippen molar-refractivity contribution in [3.8, 4) is 0 Å². The molecule has 0 bridgehead atoms. The van der Waals surface area contributed by atoms with Gasteiger partial charge in [0.15, 0.2) is 0 Å². The predicted octanol–water partition coefficient (Wildman–Crippen LogP) is 0.0153. The summed E-state index contributed by atoms with van der Waals surface area (Å²) in [5, 5.41) is 17.4. The van der Waals surface area contributed by atoms with Crippen LogP contribution in [0.3, 0.4) is 0 Å². The van der Waals surface area contributed by atoms with Crippen LogP contribution >= 0.6 is 0 Å². The van der Waals surface area contributed by atoms with Gasteiger partial charge in [0.05, 0.1) is 31.6 Å². The van der Waals surface area contributed by atoms with Crippen LogP contribution < -0.4 is 5.90 Å². The Hall–Kier alpha value is -1.02. The van der Waals surface area contributed by atoms with Gasteiger partial charge in [-0.05, 0) is 20.8 Å². The van der Waals surface area contributed by atoms with Crippen LogP contribution in [0.4, 0.5) is 0 Å². The molecule has 3 N–H and O–H groups in total. The van der Waals surface area contributed by atoms with Gasteiger partial charge >= 0.3 is 0 Å². The number of aliphatic hydroxyl groups is 1. The van der Waals surface area contributed by atoms with E-state index in [0.29, 0.717) is 12.2 Å². The van der Waals surface area contributed by atoms with E-state index >= 15 is 0 Å². The molecule has 0 amide bonds. The van der Waals surface area contributed by atoms with Gasteiger partial charge in [-0.15, -0.1) is 5.10 Å². The van der Waals surface area contributed by atoms with E-state index in [1.54, 1.807) is 17.8 Å². The minimum Gasteiger partial charge on any atom is -0.389 e. The van der Waals surface area contributed by atoms with Gasteiger partial charge in [-0.3, -0.25) is 4.84 Å². The average Bonchev–Trinajstić information content (AvgIpc) is 2.73. The Morgan fingerprint density at radius 1 is 1.47 bits per heavy atom. The smallest absolute Gasteiger partial charge is 0.121 e. The maximum Gasteiger partial charge on any atom is 0.121 e. The van der Waals surface area contributed by atoms with Crippen molar-refractivity contribution in [3.63, 3.8) is 0 Å². The molecule has 0 aliphatic heterocycles. The van der Waals surface area contributed by atoms with Crippen molar-refractivity contribution in [1.82, 2.24) is 15.0 Å². The summed E-state index contributed by atoms with van der Waals surface area (Å²) in [6.45, 7) is 6.21. The Kier molecular flexibility index (Phi) is 5.49. The number of rotatable bonds is 7. The average molecular weight is 244 g/mol. The molecular formula is C10H20N4O3. The first-order chi connectivity index (χ1) is 8.02. The number of ether oxygens (including phenoxy) is 1. The van der Waals surface area contributed by atoms with Gasteiger partial charge in [-0.25, -0.2) is 10.6 Å². The number of hydrogen-bond donors (Lipinski definition) is 2. The fourth-order valence-electron chi connectivity index (χ4n) is 1.23. The highest BCUT2D eigenvalue weighted by Crippen LogP contribution is 2.10. The van der Waals surface area contributed by atoms with E-state index in [0.717, 1.165) is 0 Å². The summed E-state index contributed by atoms with van der Waals surface area (Å²) < 4.78 is 6.84. The second kappa shape index (κ2) is 6.65. The van der Waals surface area contributed by atoms with E-state index in [4.69, 9.17) is 10.6 Å². The lowest BCUT2D eigenvalue weighted by Crippen LogP contribution is -2.24. The maximum absolute atomic E-state index is 9.69. The molecule has 2 atom stereocenters. The van der Waals surface area contributed by atoms with E-state index in [2.05, 4.69) is 15.1 Å². The molecule has 0 radical (unpaired) electrons. The van der Waals surface area contributed by atoms with E-state index in [-0.39, 0.29) is 18.8 Å². The third kappa shape index (κ3) is 4.78. The molecule has 1 aromatic rings. The number of aliphatic hydroxyl groups excluding tert-OH is 1. The maximum atomic E-state index is 9.69. The molecule has 98 valence electrons. The minimum atomic E-state index is -0.610. The summed E-state index contributed by atoms with van der Waals surface area (Å²) in [6.07, 6.45) is 0.867. The van der Waals surface area contributed by atoms with E-state index in [1.165, 1.54) is 0 Å². The predicted molar refractivity (Wildman–Crippen MR) is 60.8 cm³/mol. The van der Waals surface area contributed by atoms with Crippen molar-refractivity contribution >= 4 is 0 Å². The van der Waals surface area contributed by atoms with Gasteiger partial charge in [0.2, 0.25) is 0 Å². The Morgan fingerprint density at radius 2 is 2.18 bits per heavy atom. The first-order valence-corrected chi connectivity index (χ1v) is 5.58. The van der Waals surface area contributed by atoms with E-state index in [1.807, 2.05) is 13.8 Å². The zero-order valence-corrected chi connectivity index (χ0v) is 10.4. The number of hydrogen-bond acceptors (Lipinski definition) is 6. The van der Waals surface area contributed by atoms with E-state index in [9.17, 15) is 5.11 Å². The van der Waals surface area contributed by atoms with Crippen LogP contribution in [0.2, 0.25) is 0 Å². The van der Waals surface area contributed by atoms with Crippen LogP contribution in [-0.2, 0) is 16.1 Å². The van der Waals surface area contributed by atoms with Crippen molar-refractivity contribution in [1.29, 1.82) is 0 Å². The second-order valence-electron chi connectivity index (χ2n) is 4.18. The highest BCUT2D eigenvalue weighted by atomic mass is 16.6. The monoisotopic (exact) mass is 244 g/mol. The van der Waals surface area contributed by atoms with Crippen LogP contribution in [0.1, 0.15) is 32.6 Å². The summed E-state index contributed by atoms with van der Waals surface area (Å²) >= 11 is 0. The van der Waals surface area contributed by atoms with Crippen molar-refractivity contribution in [2.24, 2.45) is 5.90 Å². The van der Waals surface area contributed by atoms with Gasteiger partial charge in [-0.1, -0.05) is 5.21 Å². The Bertz CT molecular complexity index is 329. The molecule has 0 spiro atoms. The molecule has 17 heavy (non-hydrogen) atoms. The molecule has 0 aliphatic carbocycles. The molecule has 7 nitrogen and oxygen atoms in total. The lowest BCUT2D eigenvalue weighted by Gasteiger charge is -2.12. The topological polar surface area (TPSA) is 95.4 Å². The second-order valence-corrected chi connectivity index (χ2v) is 4.18. The number of aromatic nitrogens is 3. The van der Waals surface area contributed by atoms with Crippen molar-refractivity contribution < 1.29 is 14.7 Å². The van der Waals surface area contributed by atoms with Gasteiger partial charge in [0.25, 0.3) is 0 Å². The van der Waals surface area contributed by atoms with Crippen LogP contribution in [0.25, 0.3) is 0 Å². The van der Waals surface area contributed by atoms with E-state index < -0.39 is 6.10 Å². The van der Waals surface area contributed by atoms with Gasteiger partial charge in [-0.2, -0.15) is 0 Å². The summed E-state index contributed by atoms with van der Waals surface area (Å²) in [5.41, 5.74) is 0.629. The molecule has 0 aliphatic rings. The summed E-state index contributed by atoms with van der Waals surface area (Å²) in [6, 6.07) is 0.